The molecule has 0 fully saturated rings. The van der Waals surface area contributed by atoms with Crippen LogP contribution in [0.25, 0.3) is 10.8 Å². The number of nitrogens with one attached hydrogen (secondary N) is 1. The summed E-state index contributed by atoms with van der Waals surface area (Å²) >= 11 is 1.63. The summed E-state index contributed by atoms with van der Waals surface area (Å²) in [6, 6.07) is 13.6. The lowest BCUT2D eigenvalue weighted by atomic mass is 10.2. The summed E-state index contributed by atoms with van der Waals surface area (Å²) in [6.07, 6.45) is 1.66. The van der Waals surface area contributed by atoms with Crippen LogP contribution in [-0.2, 0) is 0 Å². The standard InChI is InChI=1S/C15H12N2O2S/c1-19-11-2-4-12(5-3-11)20-13-6-7-14-10(8-13)9-16-17-15(14)18/h2-9H,1H3,(H,17,18). The zero-order valence-electron chi connectivity index (χ0n) is 10.8. The monoisotopic (exact) mass is 284 g/mol. The van der Waals surface area contributed by atoms with Crippen LogP contribution in [0.4, 0.5) is 0 Å². The number of hydrogen-bond donors (Lipinski definition) is 1. The summed E-state index contributed by atoms with van der Waals surface area (Å²) in [5.41, 5.74) is -0.163. The summed E-state index contributed by atoms with van der Waals surface area (Å²) in [5, 5.41) is 7.74. The average Bonchev–Trinajstić information content (AvgIpc) is 2.48. The van der Waals surface area contributed by atoms with E-state index in [1.165, 1.54) is 0 Å². The molecule has 0 amide bonds. The summed E-state index contributed by atoms with van der Waals surface area (Å²) in [5.74, 6) is 0.837. The van der Waals surface area contributed by atoms with Gasteiger partial charge in [0.15, 0.2) is 0 Å². The molecule has 1 N–H and O–H groups in total. The molecule has 0 radical (unpaired) electrons. The van der Waals surface area contributed by atoms with Crippen molar-refractivity contribution in [1.82, 2.24) is 10.2 Å². The molecule has 5 heteroatoms. The van der Waals surface area contributed by atoms with E-state index in [0.717, 1.165) is 20.9 Å². The zero-order valence-corrected chi connectivity index (χ0v) is 11.6. The Kier molecular flexibility index (Phi) is 3.43. The molecule has 0 spiro atoms. The lowest BCUT2D eigenvalue weighted by Gasteiger charge is -2.04. The molecule has 0 atom stereocenters. The van der Waals surface area contributed by atoms with E-state index in [0.29, 0.717) is 5.39 Å². The van der Waals surface area contributed by atoms with Gasteiger partial charge in [-0.1, -0.05) is 11.8 Å². The van der Waals surface area contributed by atoms with Gasteiger partial charge in [-0.05, 0) is 42.5 Å². The van der Waals surface area contributed by atoms with Gasteiger partial charge < -0.3 is 4.74 Å². The Hall–Kier alpha value is -2.27. The number of hydrogen-bond acceptors (Lipinski definition) is 4. The smallest absolute Gasteiger partial charge is 0.272 e. The lowest BCUT2D eigenvalue weighted by molar-refractivity contribution is 0.414. The van der Waals surface area contributed by atoms with Crippen molar-refractivity contribution in [2.24, 2.45) is 0 Å². The van der Waals surface area contributed by atoms with Crippen LogP contribution in [0, 0.1) is 0 Å². The highest BCUT2D eigenvalue weighted by Gasteiger charge is 2.02. The molecule has 1 aromatic heterocycles. The van der Waals surface area contributed by atoms with E-state index in [1.54, 1.807) is 25.1 Å². The fraction of sp³-hybridized carbons (Fsp3) is 0.0667. The maximum atomic E-state index is 11.6. The summed E-state index contributed by atoms with van der Waals surface area (Å²) in [6.45, 7) is 0. The summed E-state index contributed by atoms with van der Waals surface area (Å²) < 4.78 is 5.13. The highest BCUT2D eigenvalue weighted by molar-refractivity contribution is 7.99. The minimum Gasteiger partial charge on any atom is -0.497 e. The first-order valence-corrected chi connectivity index (χ1v) is 6.87. The van der Waals surface area contributed by atoms with E-state index in [1.807, 2.05) is 42.5 Å². The molecular weight excluding hydrogens is 272 g/mol. The van der Waals surface area contributed by atoms with Gasteiger partial charge >= 0.3 is 0 Å². The van der Waals surface area contributed by atoms with E-state index < -0.39 is 0 Å². The van der Waals surface area contributed by atoms with Crippen molar-refractivity contribution in [3.8, 4) is 5.75 Å². The first-order chi connectivity index (χ1) is 9.76. The van der Waals surface area contributed by atoms with Crippen molar-refractivity contribution in [1.29, 1.82) is 0 Å². The van der Waals surface area contributed by atoms with Crippen LogP contribution in [0.2, 0.25) is 0 Å². The molecule has 0 saturated carbocycles. The second-order valence-electron chi connectivity index (χ2n) is 4.23. The number of nitrogens with zero attached hydrogens (tertiary/aromatic N) is 1. The maximum absolute atomic E-state index is 11.6. The Morgan fingerprint density at radius 2 is 1.85 bits per heavy atom. The molecular formula is C15H12N2O2S. The zero-order chi connectivity index (χ0) is 13.9. The second kappa shape index (κ2) is 5.38. The molecule has 2 aromatic carbocycles. The Morgan fingerprint density at radius 3 is 2.60 bits per heavy atom. The van der Waals surface area contributed by atoms with Gasteiger partial charge in [0.05, 0.1) is 18.7 Å². The Morgan fingerprint density at radius 1 is 1.10 bits per heavy atom. The highest BCUT2D eigenvalue weighted by atomic mass is 32.2. The van der Waals surface area contributed by atoms with Gasteiger partial charge in [0.1, 0.15) is 5.75 Å². The van der Waals surface area contributed by atoms with E-state index in [9.17, 15) is 4.79 Å². The Bertz CT molecular complexity index is 797. The quantitative estimate of drug-likeness (QED) is 0.803. The van der Waals surface area contributed by atoms with Gasteiger partial charge in [-0.15, -0.1) is 0 Å². The minimum absolute atomic E-state index is 0.163. The third-order valence-corrected chi connectivity index (χ3v) is 3.93. The first-order valence-electron chi connectivity index (χ1n) is 6.05. The number of benzene rings is 2. The van der Waals surface area contributed by atoms with E-state index in [2.05, 4.69) is 10.2 Å². The lowest BCUT2D eigenvalue weighted by Crippen LogP contribution is -2.06. The van der Waals surface area contributed by atoms with Gasteiger partial charge in [0.25, 0.3) is 5.56 Å². The van der Waals surface area contributed by atoms with Crippen molar-refractivity contribution in [2.75, 3.05) is 7.11 Å². The normalized spacial score (nSPS) is 10.7. The molecule has 4 nitrogen and oxygen atoms in total. The van der Waals surface area contributed by atoms with Crippen LogP contribution >= 0.6 is 11.8 Å². The van der Waals surface area contributed by atoms with Crippen LogP contribution in [0.3, 0.4) is 0 Å². The predicted molar refractivity (Wildman–Crippen MR) is 79.5 cm³/mol. The maximum Gasteiger partial charge on any atom is 0.272 e. The van der Waals surface area contributed by atoms with Crippen molar-refractivity contribution in [2.45, 2.75) is 9.79 Å². The van der Waals surface area contributed by atoms with Gasteiger partial charge in [-0.3, -0.25) is 4.79 Å². The molecule has 0 saturated heterocycles. The highest BCUT2D eigenvalue weighted by Crippen LogP contribution is 2.30. The molecule has 20 heavy (non-hydrogen) atoms. The molecule has 0 aliphatic rings. The van der Waals surface area contributed by atoms with Crippen molar-refractivity contribution in [3.63, 3.8) is 0 Å². The molecule has 100 valence electrons. The van der Waals surface area contributed by atoms with Crippen LogP contribution < -0.4 is 10.3 Å². The Labute approximate surface area is 119 Å². The van der Waals surface area contributed by atoms with Crippen molar-refractivity contribution in [3.05, 3.63) is 59.0 Å². The summed E-state index contributed by atoms with van der Waals surface area (Å²) in [4.78, 5) is 13.8. The van der Waals surface area contributed by atoms with Crippen LogP contribution in [0.15, 0.2) is 63.2 Å². The molecule has 3 aromatic rings. The van der Waals surface area contributed by atoms with E-state index in [4.69, 9.17) is 4.74 Å². The van der Waals surface area contributed by atoms with Crippen LogP contribution in [0.5, 0.6) is 5.75 Å². The summed E-state index contributed by atoms with van der Waals surface area (Å²) in [7, 11) is 1.65. The molecule has 3 rings (SSSR count). The van der Waals surface area contributed by atoms with Gasteiger partial charge in [0, 0.05) is 15.2 Å². The number of rotatable bonds is 3. The van der Waals surface area contributed by atoms with Gasteiger partial charge in [-0.25, -0.2) is 5.10 Å². The third kappa shape index (κ3) is 2.53. The largest absolute Gasteiger partial charge is 0.497 e. The first kappa shape index (κ1) is 12.7. The fourth-order valence-corrected chi connectivity index (χ4v) is 2.78. The van der Waals surface area contributed by atoms with Gasteiger partial charge in [-0.2, -0.15) is 5.10 Å². The average molecular weight is 284 g/mol. The fourth-order valence-electron chi connectivity index (χ4n) is 1.92. The van der Waals surface area contributed by atoms with Crippen molar-refractivity contribution >= 4 is 22.5 Å². The minimum atomic E-state index is -0.163. The molecule has 1 heterocycles. The van der Waals surface area contributed by atoms with Crippen LogP contribution in [-0.4, -0.2) is 17.3 Å². The second-order valence-corrected chi connectivity index (χ2v) is 5.37. The molecule has 0 unspecified atom stereocenters. The number of H-pyrrole nitrogens is 1. The molecule has 0 aliphatic carbocycles. The molecule has 0 bridgehead atoms. The predicted octanol–water partition coefficient (Wildman–Crippen LogP) is 3.08. The number of methoxy groups -OCH3 is 1. The number of ether oxygens (including phenoxy) is 1. The number of aromatic amines is 1. The number of fused-ring (bicyclic) bond motifs is 1. The topological polar surface area (TPSA) is 55.0 Å². The SMILES string of the molecule is COc1ccc(Sc2ccc3c(=O)[nH]ncc3c2)cc1. The van der Waals surface area contributed by atoms with E-state index >= 15 is 0 Å². The van der Waals surface area contributed by atoms with Crippen molar-refractivity contribution < 1.29 is 4.74 Å². The molecule has 0 aliphatic heterocycles. The Balaban J connectivity index is 1.92. The van der Waals surface area contributed by atoms with Crippen LogP contribution in [0.1, 0.15) is 0 Å². The third-order valence-electron chi connectivity index (χ3n) is 2.93. The van der Waals surface area contributed by atoms with Gasteiger partial charge in [0.2, 0.25) is 0 Å². The van der Waals surface area contributed by atoms with E-state index in [-0.39, 0.29) is 5.56 Å². The number of aromatic nitrogens is 2.